The van der Waals surface area contributed by atoms with Crippen molar-refractivity contribution in [2.45, 2.75) is 6.42 Å². The van der Waals surface area contributed by atoms with Gasteiger partial charge in [0.1, 0.15) is 0 Å². The number of fused-ring (bicyclic) bond motifs is 1. The Balaban J connectivity index is 1.73. The predicted octanol–water partition coefficient (Wildman–Crippen LogP) is 3.30. The zero-order valence-corrected chi connectivity index (χ0v) is 12.4. The average molecular weight is 324 g/mol. The van der Waals surface area contributed by atoms with Crippen molar-refractivity contribution in [2.75, 3.05) is 5.32 Å². The zero-order chi connectivity index (χ0) is 14.1. The van der Waals surface area contributed by atoms with E-state index in [-0.39, 0.29) is 12.3 Å². The number of hydrogen-bond acceptors (Lipinski definition) is 6. The Kier molecular flexibility index (Phi) is 3.51. The van der Waals surface area contributed by atoms with Gasteiger partial charge in [-0.05, 0) is 17.5 Å². The molecule has 5 nitrogen and oxygen atoms in total. The van der Waals surface area contributed by atoms with Crippen molar-refractivity contribution in [1.29, 1.82) is 0 Å². The minimum atomic E-state index is -0.938. The molecule has 0 aromatic carbocycles. The van der Waals surface area contributed by atoms with E-state index in [0.29, 0.717) is 15.7 Å². The Morgan fingerprint density at radius 3 is 2.90 bits per heavy atom. The van der Waals surface area contributed by atoms with Crippen LogP contribution in [0.4, 0.5) is 5.13 Å². The van der Waals surface area contributed by atoms with Gasteiger partial charge in [0, 0.05) is 14.8 Å². The van der Waals surface area contributed by atoms with Crippen LogP contribution in [0.3, 0.4) is 0 Å². The second kappa shape index (κ2) is 5.31. The molecule has 0 atom stereocenters. The van der Waals surface area contributed by atoms with Crippen LogP contribution in [0.25, 0.3) is 9.40 Å². The summed E-state index contributed by atoms with van der Waals surface area (Å²) in [5.41, 5.74) is 0.449. The third-order valence-corrected chi connectivity index (χ3v) is 5.37. The Labute approximate surface area is 125 Å². The molecular formula is C12H8N2O3S3. The standard InChI is InChI=1S/C12H8N2O3S3/c15-10(16)3-6-5-19-12(13-6)14-11(17)9-4-8-7(20-9)1-2-18-8/h1-2,4-5H,3H2,(H,15,16)(H,13,14,17). The van der Waals surface area contributed by atoms with Crippen LogP contribution in [-0.2, 0) is 11.2 Å². The number of carboxylic acids is 1. The first-order chi connectivity index (χ1) is 9.61. The van der Waals surface area contributed by atoms with E-state index in [0.717, 1.165) is 9.40 Å². The van der Waals surface area contributed by atoms with E-state index in [1.807, 2.05) is 17.5 Å². The third kappa shape index (κ3) is 2.72. The number of hydrogen-bond donors (Lipinski definition) is 2. The number of nitrogens with zero attached hydrogens (tertiary/aromatic N) is 1. The van der Waals surface area contributed by atoms with E-state index in [4.69, 9.17) is 5.11 Å². The molecule has 0 radical (unpaired) electrons. The molecule has 3 heterocycles. The molecule has 3 aromatic heterocycles. The van der Waals surface area contributed by atoms with Crippen molar-refractivity contribution in [2.24, 2.45) is 0 Å². The van der Waals surface area contributed by atoms with Crippen molar-refractivity contribution in [3.63, 3.8) is 0 Å². The van der Waals surface area contributed by atoms with Gasteiger partial charge >= 0.3 is 5.97 Å². The summed E-state index contributed by atoms with van der Waals surface area (Å²) in [6, 6.07) is 3.83. The number of thiophene rings is 2. The summed E-state index contributed by atoms with van der Waals surface area (Å²) in [6.45, 7) is 0. The van der Waals surface area contributed by atoms with Gasteiger partial charge in [0.15, 0.2) is 5.13 Å². The van der Waals surface area contributed by atoms with E-state index in [1.54, 1.807) is 16.7 Å². The topological polar surface area (TPSA) is 79.3 Å². The Bertz CT molecular complexity index is 758. The number of nitrogens with one attached hydrogen (secondary N) is 1. The summed E-state index contributed by atoms with van der Waals surface area (Å²) in [6.07, 6.45) is -0.138. The molecule has 8 heteroatoms. The fraction of sp³-hybridized carbons (Fsp3) is 0.0833. The number of carbonyl (C=O) groups excluding carboxylic acids is 1. The highest BCUT2D eigenvalue weighted by molar-refractivity contribution is 7.28. The molecule has 1 amide bonds. The van der Waals surface area contributed by atoms with Gasteiger partial charge in [0.05, 0.1) is 17.0 Å². The van der Waals surface area contributed by atoms with Crippen LogP contribution in [0.2, 0.25) is 0 Å². The minimum Gasteiger partial charge on any atom is -0.481 e. The number of thiazole rings is 1. The number of rotatable bonds is 4. The molecule has 0 aliphatic heterocycles. The van der Waals surface area contributed by atoms with E-state index in [1.165, 1.54) is 22.7 Å². The summed E-state index contributed by atoms with van der Waals surface area (Å²) >= 11 is 4.25. The van der Waals surface area contributed by atoms with Crippen molar-refractivity contribution in [3.8, 4) is 0 Å². The number of carbonyl (C=O) groups is 2. The fourth-order valence-electron chi connectivity index (χ4n) is 1.64. The molecule has 0 saturated carbocycles. The van der Waals surface area contributed by atoms with Gasteiger partial charge in [-0.3, -0.25) is 14.9 Å². The van der Waals surface area contributed by atoms with Crippen LogP contribution in [0.15, 0.2) is 22.9 Å². The molecule has 0 saturated heterocycles. The highest BCUT2D eigenvalue weighted by Crippen LogP contribution is 2.30. The summed E-state index contributed by atoms with van der Waals surface area (Å²) in [5.74, 6) is -1.15. The second-order valence-corrected chi connectivity index (χ2v) is 6.82. The van der Waals surface area contributed by atoms with E-state index < -0.39 is 5.97 Å². The Morgan fingerprint density at radius 1 is 1.30 bits per heavy atom. The number of aromatic nitrogens is 1. The molecule has 0 aliphatic rings. The maximum atomic E-state index is 12.1. The Morgan fingerprint density at radius 2 is 2.15 bits per heavy atom. The lowest BCUT2D eigenvalue weighted by molar-refractivity contribution is -0.136. The van der Waals surface area contributed by atoms with Crippen LogP contribution >= 0.6 is 34.0 Å². The maximum Gasteiger partial charge on any atom is 0.309 e. The van der Waals surface area contributed by atoms with Gasteiger partial charge in [-0.2, -0.15) is 0 Å². The van der Waals surface area contributed by atoms with Crippen LogP contribution in [0.5, 0.6) is 0 Å². The van der Waals surface area contributed by atoms with Crippen molar-refractivity contribution >= 4 is 60.4 Å². The highest BCUT2D eigenvalue weighted by atomic mass is 32.1. The number of aliphatic carboxylic acids is 1. The SMILES string of the molecule is O=C(O)Cc1csc(NC(=O)c2cc3sccc3s2)n1. The summed E-state index contributed by atoms with van der Waals surface area (Å²) in [4.78, 5) is 27.3. The fourth-order valence-corrected chi connectivity index (χ4v) is 4.35. The predicted molar refractivity (Wildman–Crippen MR) is 81.1 cm³/mol. The molecule has 3 rings (SSSR count). The smallest absolute Gasteiger partial charge is 0.309 e. The lowest BCUT2D eigenvalue weighted by atomic mass is 10.3. The normalized spacial score (nSPS) is 10.8. The third-order valence-electron chi connectivity index (χ3n) is 2.47. The minimum absolute atomic E-state index is 0.138. The quantitative estimate of drug-likeness (QED) is 0.772. The van der Waals surface area contributed by atoms with E-state index in [2.05, 4.69) is 10.3 Å². The summed E-state index contributed by atoms with van der Waals surface area (Å²) < 4.78 is 2.18. The first-order valence-electron chi connectivity index (χ1n) is 5.56. The molecule has 0 fully saturated rings. The van der Waals surface area contributed by atoms with Crippen LogP contribution in [0.1, 0.15) is 15.4 Å². The molecule has 2 N–H and O–H groups in total. The molecule has 0 bridgehead atoms. The molecule has 102 valence electrons. The molecule has 0 unspecified atom stereocenters. The molecular weight excluding hydrogens is 316 g/mol. The maximum absolute atomic E-state index is 12.1. The van der Waals surface area contributed by atoms with Gasteiger partial charge in [-0.25, -0.2) is 4.98 Å². The highest BCUT2D eigenvalue weighted by Gasteiger charge is 2.13. The summed E-state index contributed by atoms with van der Waals surface area (Å²) in [7, 11) is 0. The molecule has 0 spiro atoms. The number of anilines is 1. The first-order valence-corrected chi connectivity index (χ1v) is 8.14. The van der Waals surface area contributed by atoms with Crippen LogP contribution < -0.4 is 5.32 Å². The average Bonchev–Trinajstić information content (AvgIpc) is 3.02. The van der Waals surface area contributed by atoms with Crippen molar-refractivity contribution in [3.05, 3.63) is 33.5 Å². The second-order valence-electron chi connectivity index (χ2n) is 3.93. The van der Waals surface area contributed by atoms with Crippen molar-refractivity contribution in [1.82, 2.24) is 4.98 Å². The van der Waals surface area contributed by atoms with Gasteiger partial charge in [-0.1, -0.05) is 0 Å². The zero-order valence-electron chi connectivity index (χ0n) is 9.95. The first kappa shape index (κ1) is 13.2. The lowest BCUT2D eigenvalue weighted by Gasteiger charge is -1.97. The van der Waals surface area contributed by atoms with Crippen LogP contribution in [-0.4, -0.2) is 22.0 Å². The largest absolute Gasteiger partial charge is 0.481 e. The molecule has 20 heavy (non-hydrogen) atoms. The summed E-state index contributed by atoms with van der Waals surface area (Å²) in [5, 5.41) is 15.4. The monoisotopic (exact) mass is 324 g/mol. The van der Waals surface area contributed by atoms with E-state index in [9.17, 15) is 9.59 Å². The van der Waals surface area contributed by atoms with Gasteiger partial charge in [-0.15, -0.1) is 34.0 Å². The number of carboxylic acid groups (broad SMARTS) is 1. The van der Waals surface area contributed by atoms with Gasteiger partial charge < -0.3 is 5.11 Å². The Hall–Kier alpha value is -1.77. The number of amides is 1. The van der Waals surface area contributed by atoms with E-state index >= 15 is 0 Å². The van der Waals surface area contributed by atoms with Gasteiger partial charge in [0.2, 0.25) is 0 Å². The lowest BCUT2D eigenvalue weighted by Crippen LogP contribution is -2.10. The molecule has 0 aliphatic carbocycles. The van der Waals surface area contributed by atoms with Crippen LogP contribution in [0, 0.1) is 0 Å². The molecule has 3 aromatic rings. The van der Waals surface area contributed by atoms with Gasteiger partial charge in [0.25, 0.3) is 5.91 Å². The van der Waals surface area contributed by atoms with Crippen molar-refractivity contribution < 1.29 is 14.7 Å².